The lowest BCUT2D eigenvalue weighted by Crippen LogP contribution is -2.31. The Hall–Kier alpha value is -2.98. The molecule has 1 heterocycles. The first kappa shape index (κ1) is 19.3. The van der Waals surface area contributed by atoms with Crippen LogP contribution in [0.3, 0.4) is 0 Å². The van der Waals surface area contributed by atoms with Gasteiger partial charge in [0.25, 0.3) is 15.9 Å². The molecule has 0 radical (unpaired) electrons. The Balaban J connectivity index is 1.97. The van der Waals surface area contributed by atoms with E-state index in [1.54, 1.807) is 18.2 Å². The molecule has 0 unspecified atom stereocenters. The Bertz CT molecular complexity index is 853. The third kappa shape index (κ3) is 5.53. The minimum Gasteiger partial charge on any atom is -0.391 e. The molecule has 26 heavy (non-hydrogen) atoms. The first-order chi connectivity index (χ1) is 12.4. The largest absolute Gasteiger partial charge is 0.414 e. The fraction of sp³-hybridized carbons (Fsp3) is 0.188. The molecule has 10 heteroatoms. The normalized spacial score (nSPS) is 10.8. The molecule has 138 valence electrons. The number of carbonyl (C=O) groups excluding carboxylic acids is 2. The lowest BCUT2D eigenvalue weighted by molar-refractivity contribution is 0.0981. The van der Waals surface area contributed by atoms with Gasteiger partial charge >= 0.3 is 6.09 Å². The molecule has 2 N–H and O–H groups in total. The van der Waals surface area contributed by atoms with E-state index < -0.39 is 22.0 Å². The van der Waals surface area contributed by atoms with Crippen molar-refractivity contribution in [3.63, 3.8) is 0 Å². The van der Waals surface area contributed by atoms with Crippen molar-refractivity contribution in [3.05, 3.63) is 54.2 Å². The van der Waals surface area contributed by atoms with Crippen molar-refractivity contribution in [3.8, 4) is 5.88 Å². The number of methoxy groups -OCH3 is 1. The van der Waals surface area contributed by atoms with Crippen LogP contribution in [0.1, 0.15) is 10.4 Å². The molecule has 0 aliphatic rings. The Morgan fingerprint density at radius 2 is 1.85 bits per heavy atom. The highest BCUT2D eigenvalue weighted by atomic mass is 32.2. The SMILES string of the molecule is COCCNC(=O)Oc1ccc(C(=O)NS(=O)(=O)c2ccccc2)cn1. The Labute approximate surface area is 150 Å². The third-order valence-corrected chi connectivity index (χ3v) is 4.40. The number of rotatable bonds is 7. The topological polar surface area (TPSA) is 124 Å². The maximum absolute atomic E-state index is 12.1. The molecule has 2 rings (SSSR count). The van der Waals surface area contributed by atoms with E-state index in [9.17, 15) is 18.0 Å². The molecule has 0 bridgehead atoms. The van der Waals surface area contributed by atoms with Crippen LogP contribution in [0, 0.1) is 0 Å². The van der Waals surface area contributed by atoms with Crippen molar-refractivity contribution in [2.75, 3.05) is 20.3 Å². The molecule has 0 aliphatic carbocycles. The van der Waals surface area contributed by atoms with E-state index in [0.717, 1.165) is 6.20 Å². The predicted molar refractivity (Wildman–Crippen MR) is 91.2 cm³/mol. The lowest BCUT2D eigenvalue weighted by atomic mass is 10.3. The molecular weight excluding hydrogens is 362 g/mol. The van der Waals surface area contributed by atoms with Gasteiger partial charge in [-0.2, -0.15) is 0 Å². The standard InChI is InChI=1S/C16H17N3O6S/c1-24-10-9-17-16(21)25-14-8-7-12(11-18-14)15(20)19-26(22,23)13-5-3-2-4-6-13/h2-8,11H,9-10H2,1H3,(H,17,21)(H,19,20). The summed E-state index contributed by atoms with van der Waals surface area (Å²) in [5, 5.41) is 2.43. The number of amides is 2. The zero-order valence-corrected chi connectivity index (χ0v) is 14.7. The number of carbonyl (C=O) groups is 2. The fourth-order valence-corrected chi connectivity index (χ4v) is 2.80. The van der Waals surface area contributed by atoms with Gasteiger partial charge in [0.05, 0.1) is 17.1 Å². The highest BCUT2D eigenvalue weighted by Gasteiger charge is 2.18. The smallest absolute Gasteiger partial charge is 0.391 e. The van der Waals surface area contributed by atoms with Crippen LogP contribution in [-0.4, -0.2) is 45.7 Å². The summed E-state index contributed by atoms with van der Waals surface area (Å²) in [6.45, 7) is 0.602. The van der Waals surface area contributed by atoms with Gasteiger partial charge in [0.15, 0.2) is 0 Å². The molecular formula is C16H17N3O6S. The first-order valence-electron chi connectivity index (χ1n) is 7.45. The molecule has 1 aromatic carbocycles. The van der Waals surface area contributed by atoms with Crippen LogP contribution < -0.4 is 14.8 Å². The number of sulfonamides is 1. The van der Waals surface area contributed by atoms with Crippen LogP contribution in [0.5, 0.6) is 5.88 Å². The van der Waals surface area contributed by atoms with Crippen molar-refractivity contribution >= 4 is 22.0 Å². The van der Waals surface area contributed by atoms with Gasteiger partial charge in [-0.25, -0.2) is 22.9 Å². The van der Waals surface area contributed by atoms with Crippen LogP contribution in [0.15, 0.2) is 53.6 Å². The summed E-state index contributed by atoms with van der Waals surface area (Å²) in [5.41, 5.74) is -0.00310. The summed E-state index contributed by atoms with van der Waals surface area (Å²) in [5.74, 6) is -0.889. The number of nitrogens with zero attached hydrogens (tertiary/aromatic N) is 1. The Morgan fingerprint density at radius 1 is 1.12 bits per heavy atom. The van der Waals surface area contributed by atoms with Crippen LogP contribution in [-0.2, 0) is 14.8 Å². The number of benzene rings is 1. The molecule has 1 aromatic heterocycles. The van der Waals surface area contributed by atoms with Crippen LogP contribution in [0.25, 0.3) is 0 Å². The second-order valence-electron chi connectivity index (χ2n) is 4.94. The summed E-state index contributed by atoms with van der Waals surface area (Å²) in [4.78, 5) is 27.3. The number of pyridine rings is 1. The highest BCUT2D eigenvalue weighted by Crippen LogP contribution is 2.11. The maximum atomic E-state index is 12.1. The molecule has 0 saturated carbocycles. The van der Waals surface area contributed by atoms with E-state index in [-0.39, 0.29) is 22.9 Å². The molecule has 2 amide bonds. The average molecular weight is 379 g/mol. The number of hydrogen-bond acceptors (Lipinski definition) is 7. The summed E-state index contributed by atoms with van der Waals surface area (Å²) < 4.78 is 35.8. The lowest BCUT2D eigenvalue weighted by Gasteiger charge is -2.08. The number of ether oxygens (including phenoxy) is 2. The van der Waals surface area contributed by atoms with Crippen molar-refractivity contribution in [1.29, 1.82) is 0 Å². The van der Waals surface area contributed by atoms with Crippen LogP contribution >= 0.6 is 0 Å². The van der Waals surface area contributed by atoms with Crippen LogP contribution in [0.4, 0.5) is 4.79 Å². The number of hydrogen-bond donors (Lipinski definition) is 2. The maximum Gasteiger partial charge on any atom is 0.414 e. The summed E-state index contributed by atoms with van der Waals surface area (Å²) in [7, 11) is -2.49. The van der Waals surface area contributed by atoms with E-state index in [0.29, 0.717) is 6.61 Å². The molecule has 0 aliphatic heterocycles. The fourth-order valence-electron chi connectivity index (χ4n) is 1.80. The van der Waals surface area contributed by atoms with Gasteiger partial charge in [-0.1, -0.05) is 18.2 Å². The predicted octanol–water partition coefficient (Wildman–Crippen LogP) is 0.935. The molecule has 9 nitrogen and oxygen atoms in total. The van der Waals surface area contributed by atoms with Crippen molar-refractivity contribution < 1.29 is 27.5 Å². The van der Waals surface area contributed by atoms with E-state index >= 15 is 0 Å². The molecule has 2 aromatic rings. The average Bonchev–Trinajstić information content (AvgIpc) is 2.63. The van der Waals surface area contributed by atoms with Crippen molar-refractivity contribution in [1.82, 2.24) is 15.0 Å². The quantitative estimate of drug-likeness (QED) is 0.686. The Morgan fingerprint density at radius 3 is 2.46 bits per heavy atom. The van der Waals surface area contributed by atoms with Gasteiger partial charge in [0, 0.05) is 25.9 Å². The van der Waals surface area contributed by atoms with E-state index in [1.165, 1.54) is 31.4 Å². The van der Waals surface area contributed by atoms with Gasteiger partial charge in [-0.15, -0.1) is 0 Å². The minimum atomic E-state index is -3.98. The van der Waals surface area contributed by atoms with Gasteiger partial charge in [-0.3, -0.25) is 4.79 Å². The van der Waals surface area contributed by atoms with Crippen molar-refractivity contribution in [2.45, 2.75) is 4.90 Å². The second kappa shape index (κ2) is 8.92. The molecule has 0 spiro atoms. The summed E-state index contributed by atoms with van der Waals surface area (Å²) in [6, 6.07) is 10.1. The van der Waals surface area contributed by atoms with Gasteiger partial charge in [-0.05, 0) is 18.2 Å². The van der Waals surface area contributed by atoms with E-state index in [1.807, 2.05) is 4.72 Å². The zero-order chi connectivity index (χ0) is 19.0. The zero-order valence-electron chi connectivity index (χ0n) is 13.8. The minimum absolute atomic E-state index is 0.00310. The molecule has 0 atom stereocenters. The van der Waals surface area contributed by atoms with Gasteiger partial charge in [0.2, 0.25) is 5.88 Å². The molecule has 0 saturated heterocycles. The Kier molecular flexibility index (Phi) is 6.64. The van der Waals surface area contributed by atoms with Gasteiger partial charge in [0.1, 0.15) is 0 Å². The number of nitrogens with one attached hydrogen (secondary N) is 2. The van der Waals surface area contributed by atoms with E-state index in [4.69, 9.17) is 9.47 Å². The first-order valence-corrected chi connectivity index (χ1v) is 8.93. The third-order valence-electron chi connectivity index (χ3n) is 3.05. The molecule has 0 fully saturated rings. The van der Waals surface area contributed by atoms with Gasteiger partial charge < -0.3 is 14.8 Å². The summed E-state index contributed by atoms with van der Waals surface area (Å²) >= 11 is 0. The monoisotopic (exact) mass is 379 g/mol. The second-order valence-corrected chi connectivity index (χ2v) is 6.62. The summed E-state index contributed by atoms with van der Waals surface area (Å²) in [6.07, 6.45) is 0.381. The van der Waals surface area contributed by atoms with Crippen LogP contribution in [0.2, 0.25) is 0 Å². The number of aromatic nitrogens is 1. The van der Waals surface area contributed by atoms with Crippen molar-refractivity contribution in [2.24, 2.45) is 0 Å². The highest BCUT2D eigenvalue weighted by molar-refractivity contribution is 7.90. The van der Waals surface area contributed by atoms with E-state index in [2.05, 4.69) is 10.3 Å².